The molecule has 1 aromatic rings. The van der Waals surface area contributed by atoms with Gasteiger partial charge in [0.05, 0.1) is 6.04 Å². The topological polar surface area (TPSA) is 49.9 Å². The van der Waals surface area contributed by atoms with Crippen LogP contribution in [0.1, 0.15) is 63.3 Å². The Morgan fingerprint density at radius 2 is 1.96 bits per heavy atom. The molecule has 0 N–H and O–H groups in total. The van der Waals surface area contributed by atoms with Crippen molar-refractivity contribution in [3.8, 4) is 0 Å². The molecule has 26 heavy (non-hydrogen) atoms. The van der Waals surface area contributed by atoms with Crippen LogP contribution in [0.2, 0.25) is 5.02 Å². The zero-order chi connectivity index (χ0) is 19.1. The number of hydrogen-bond acceptors (Lipinski definition) is 3. The molecule has 1 saturated heterocycles. The van der Waals surface area contributed by atoms with Gasteiger partial charge in [-0.25, -0.2) is 4.79 Å². The quantitative estimate of drug-likeness (QED) is 0.731. The maximum absolute atomic E-state index is 12.7. The fourth-order valence-corrected chi connectivity index (χ4v) is 4.14. The van der Waals surface area contributed by atoms with Gasteiger partial charge >= 0.3 is 6.09 Å². The molecule has 5 nitrogen and oxygen atoms in total. The molecule has 2 heterocycles. The standard InChI is InChI=1S/C20H27ClN2O3/c1-13(24)22-9-7-16-14(12-22)10-15(21)11-17(16)18-6-5-8-23(18)19(25)26-20(2,3)4/h10-11,18H,5-9,12H2,1-4H3/t18-/m0/s1. The molecule has 0 saturated carbocycles. The van der Waals surface area contributed by atoms with Crippen LogP contribution in [0.5, 0.6) is 0 Å². The Morgan fingerprint density at radius 1 is 1.23 bits per heavy atom. The predicted molar refractivity (Wildman–Crippen MR) is 101 cm³/mol. The van der Waals surface area contributed by atoms with Crippen molar-refractivity contribution >= 4 is 23.6 Å². The van der Waals surface area contributed by atoms with Gasteiger partial charge < -0.3 is 14.5 Å². The fraction of sp³-hybridized carbons (Fsp3) is 0.600. The lowest BCUT2D eigenvalue weighted by Crippen LogP contribution is -2.38. The summed E-state index contributed by atoms with van der Waals surface area (Å²) < 4.78 is 5.60. The molecule has 3 rings (SSSR count). The van der Waals surface area contributed by atoms with Gasteiger partial charge in [-0.2, -0.15) is 0 Å². The fourth-order valence-electron chi connectivity index (χ4n) is 3.89. The summed E-state index contributed by atoms with van der Waals surface area (Å²) in [4.78, 5) is 28.1. The molecule has 0 aliphatic carbocycles. The van der Waals surface area contributed by atoms with Crippen molar-refractivity contribution in [3.05, 3.63) is 33.8 Å². The second-order valence-corrected chi connectivity index (χ2v) is 8.59. The highest BCUT2D eigenvalue weighted by Crippen LogP contribution is 2.39. The van der Waals surface area contributed by atoms with Crippen molar-refractivity contribution in [2.24, 2.45) is 0 Å². The van der Waals surface area contributed by atoms with Gasteiger partial charge in [-0.1, -0.05) is 11.6 Å². The van der Waals surface area contributed by atoms with Gasteiger partial charge in [0.1, 0.15) is 5.60 Å². The predicted octanol–water partition coefficient (Wildman–Crippen LogP) is 4.32. The van der Waals surface area contributed by atoms with Gasteiger partial charge in [-0.05, 0) is 68.9 Å². The third-order valence-electron chi connectivity index (χ3n) is 5.02. The Bertz CT molecular complexity index is 727. The van der Waals surface area contributed by atoms with E-state index < -0.39 is 5.60 Å². The number of nitrogens with zero attached hydrogens (tertiary/aromatic N) is 2. The lowest BCUT2D eigenvalue weighted by Gasteiger charge is -2.33. The van der Waals surface area contributed by atoms with Gasteiger partial charge in [-0.15, -0.1) is 0 Å². The van der Waals surface area contributed by atoms with E-state index >= 15 is 0 Å². The first-order chi connectivity index (χ1) is 12.2. The number of rotatable bonds is 1. The van der Waals surface area contributed by atoms with Crippen molar-refractivity contribution < 1.29 is 14.3 Å². The average molecular weight is 379 g/mol. The third kappa shape index (κ3) is 3.98. The Balaban J connectivity index is 1.91. The number of halogens is 1. The molecule has 0 bridgehead atoms. The van der Waals surface area contributed by atoms with Crippen molar-refractivity contribution in [1.82, 2.24) is 9.80 Å². The molecule has 142 valence electrons. The summed E-state index contributed by atoms with van der Waals surface area (Å²) in [5.41, 5.74) is 2.91. The Kier molecular flexibility index (Phi) is 5.20. The smallest absolute Gasteiger partial charge is 0.410 e. The van der Waals surface area contributed by atoms with Gasteiger partial charge in [0.25, 0.3) is 0 Å². The lowest BCUT2D eigenvalue weighted by atomic mass is 9.90. The largest absolute Gasteiger partial charge is 0.444 e. The molecule has 2 amide bonds. The zero-order valence-electron chi connectivity index (χ0n) is 16.0. The van der Waals surface area contributed by atoms with Gasteiger partial charge in [0.2, 0.25) is 5.91 Å². The molecular weight excluding hydrogens is 352 g/mol. The monoisotopic (exact) mass is 378 g/mol. The molecule has 0 radical (unpaired) electrons. The van der Waals surface area contributed by atoms with Gasteiger partial charge in [-0.3, -0.25) is 4.79 Å². The zero-order valence-corrected chi connectivity index (χ0v) is 16.7. The molecule has 6 heteroatoms. The summed E-state index contributed by atoms with van der Waals surface area (Å²) in [6.45, 7) is 9.22. The maximum Gasteiger partial charge on any atom is 0.410 e. The minimum absolute atomic E-state index is 0.0128. The van der Waals surface area contributed by atoms with E-state index in [4.69, 9.17) is 16.3 Å². The molecule has 0 unspecified atom stereocenters. The number of likely N-dealkylation sites (tertiary alicyclic amines) is 1. The second-order valence-electron chi connectivity index (χ2n) is 8.16. The molecule has 2 aliphatic heterocycles. The summed E-state index contributed by atoms with van der Waals surface area (Å²) in [5.74, 6) is 0.0772. The Hall–Kier alpha value is -1.75. The van der Waals surface area contributed by atoms with Gasteiger partial charge in [0, 0.05) is 31.6 Å². The highest BCUT2D eigenvalue weighted by molar-refractivity contribution is 6.30. The van der Waals surface area contributed by atoms with Crippen LogP contribution in [0.4, 0.5) is 4.79 Å². The first kappa shape index (κ1) is 19.0. The molecular formula is C20H27ClN2O3. The number of amides is 2. The number of hydrogen-bond donors (Lipinski definition) is 0. The normalized spacial score (nSPS) is 20.1. The summed E-state index contributed by atoms with van der Waals surface area (Å²) in [6.07, 6.45) is 2.38. The summed E-state index contributed by atoms with van der Waals surface area (Å²) in [5, 5.41) is 0.653. The maximum atomic E-state index is 12.7. The number of fused-ring (bicyclic) bond motifs is 1. The second kappa shape index (κ2) is 7.10. The molecule has 0 spiro atoms. The van der Waals surface area contributed by atoms with Crippen LogP contribution < -0.4 is 0 Å². The summed E-state index contributed by atoms with van der Waals surface area (Å²) >= 11 is 6.38. The number of ether oxygens (including phenoxy) is 1. The van der Waals surface area contributed by atoms with Crippen molar-refractivity contribution in [2.75, 3.05) is 13.1 Å². The number of carbonyl (C=O) groups is 2. The Morgan fingerprint density at radius 3 is 2.62 bits per heavy atom. The summed E-state index contributed by atoms with van der Waals surface area (Å²) in [7, 11) is 0. The van der Waals surface area contributed by atoms with Crippen molar-refractivity contribution in [2.45, 2.75) is 65.1 Å². The minimum atomic E-state index is -0.514. The highest BCUT2D eigenvalue weighted by atomic mass is 35.5. The first-order valence-electron chi connectivity index (χ1n) is 9.22. The van der Waals surface area contributed by atoms with Crippen LogP contribution in [-0.4, -0.2) is 40.5 Å². The van der Waals surface area contributed by atoms with Crippen LogP contribution in [-0.2, 0) is 22.5 Å². The van der Waals surface area contributed by atoms with E-state index in [1.807, 2.05) is 42.7 Å². The van der Waals surface area contributed by atoms with E-state index in [1.165, 1.54) is 5.56 Å². The first-order valence-corrected chi connectivity index (χ1v) is 9.60. The Labute approximate surface area is 160 Å². The molecule has 1 aromatic carbocycles. The molecule has 0 aromatic heterocycles. The van der Waals surface area contributed by atoms with Crippen molar-refractivity contribution in [1.29, 1.82) is 0 Å². The molecule has 1 fully saturated rings. The summed E-state index contributed by atoms with van der Waals surface area (Å²) in [6, 6.07) is 3.92. The van der Waals surface area contributed by atoms with E-state index in [0.29, 0.717) is 24.7 Å². The molecule has 1 atom stereocenters. The number of benzene rings is 1. The van der Waals surface area contributed by atoms with E-state index in [0.717, 1.165) is 30.4 Å². The van der Waals surface area contributed by atoms with E-state index in [1.54, 1.807) is 6.92 Å². The van der Waals surface area contributed by atoms with Crippen LogP contribution in [0.15, 0.2) is 12.1 Å². The van der Waals surface area contributed by atoms with Crippen molar-refractivity contribution in [3.63, 3.8) is 0 Å². The molecule has 2 aliphatic rings. The highest BCUT2D eigenvalue weighted by Gasteiger charge is 2.35. The third-order valence-corrected chi connectivity index (χ3v) is 5.24. The van der Waals surface area contributed by atoms with Crippen LogP contribution in [0.25, 0.3) is 0 Å². The average Bonchev–Trinajstić information content (AvgIpc) is 3.01. The minimum Gasteiger partial charge on any atom is -0.444 e. The van der Waals surface area contributed by atoms with E-state index in [9.17, 15) is 9.59 Å². The van der Waals surface area contributed by atoms with E-state index in [2.05, 4.69) is 0 Å². The van der Waals surface area contributed by atoms with E-state index in [-0.39, 0.29) is 18.0 Å². The van der Waals surface area contributed by atoms with Crippen LogP contribution in [0, 0.1) is 0 Å². The van der Waals surface area contributed by atoms with Crippen LogP contribution >= 0.6 is 11.6 Å². The van der Waals surface area contributed by atoms with Crippen LogP contribution in [0.3, 0.4) is 0 Å². The lowest BCUT2D eigenvalue weighted by molar-refractivity contribution is -0.129. The van der Waals surface area contributed by atoms with Gasteiger partial charge in [0.15, 0.2) is 0 Å². The SMILES string of the molecule is CC(=O)N1CCc2c(cc(Cl)cc2[C@@H]2CCCN2C(=O)OC(C)(C)C)C1. The number of carbonyl (C=O) groups excluding carboxylic acids is 2.